The largest absolute Gasteiger partial charge is 0.484 e. The molecule has 0 aromatic heterocycles. The molecule has 2 rings (SSSR count). The summed E-state index contributed by atoms with van der Waals surface area (Å²) in [5.74, 6) is 0.605. The predicted molar refractivity (Wildman–Crippen MR) is 101 cm³/mol. The van der Waals surface area contributed by atoms with Crippen molar-refractivity contribution < 1.29 is 19.1 Å². The van der Waals surface area contributed by atoms with Crippen LogP contribution in [0.5, 0.6) is 11.5 Å². The number of benzene rings is 2. The van der Waals surface area contributed by atoms with Gasteiger partial charge in [-0.3, -0.25) is 9.59 Å². The standard InChI is InChI=1S/C20H21N3O4/c1-2-22-19(24)13-26-18-9-5-16(6-10-18)23-20(25)14-27-17-7-3-15(4-8-17)11-12-21/h3-10H,2,11,13-14H2,1H3,(H,22,24)(H,23,25). The van der Waals surface area contributed by atoms with Gasteiger partial charge in [0.05, 0.1) is 12.5 Å². The van der Waals surface area contributed by atoms with Crippen LogP contribution in [-0.2, 0) is 16.0 Å². The Bertz CT molecular complexity index is 795. The summed E-state index contributed by atoms with van der Waals surface area (Å²) in [6.07, 6.45) is 0.337. The molecule has 2 aromatic rings. The summed E-state index contributed by atoms with van der Waals surface area (Å²) in [5.41, 5.74) is 1.49. The average Bonchev–Trinajstić information content (AvgIpc) is 2.67. The predicted octanol–water partition coefficient (Wildman–Crippen LogP) is 2.29. The lowest BCUT2D eigenvalue weighted by Gasteiger charge is -2.09. The summed E-state index contributed by atoms with van der Waals surface area (Å²) in [7, 11) is 0. The summed E-state index contributed by atoms with van der Waals surface area (Å²) in [6, 6.07) is 15.8. The summed E-state index contributed by atoms with van der Waals surface area (Å²) in [4.78, 5) is 23.3. The van der Waals surface area contributed by atoms with Crippen molar-refractivity contribution in [2.45, 2.75) is 13.3 Å². The van der Waals surface area contributed by atoms with Gasteiger partial charge in [0.2, 0.25) is 0 Å². The zero-order valence-corrected chi connectivity index (χ0v) is 15.0. The smallest absolute Gasteiger partial charge is 0.262 e. The molecular formula is C20H21N3O4. The molecule has 0 heterocycles. The number of hydrogen-bond donors (Lipinski definition) is 2. The number of nitrogens with one attached hydrogen (secondary N) is 2. The van der Waals surface area contributed by atoms with Gasteiger partial charge < -0.3 is 20.1 Å². The highest BCUT2D eigenvalue weighted by atomic mass is 16.5. The van der Waals surface area contributed by atoms with Crippen molar-refractivity contribution in [3.63, 3.8) is 0 Å². The first-order valence-corrected chi connectivity index (χ1v) is 8.49. The maximum Gasteiger partial charge on any atom is 0.262 e. The van der Waals surface area contributed by atoms with Crippen LogP contribution in [-0.4, -0.2) is 31.6 Å². The Morgan fingerprint density at radius 1 is 0.926 bits per heavy atom. The van der Waals surface area contributed by atoms with Gasteiger partial charge in [-0.15, -0.1) is 0 Å². The third-order valence-electron chi connectivity index (χ3n) is 3.46. The Morgan fingerprint density at radius 2 is 1.48 bits per heavy atom. The van der Waals surface area contributed by atoms with Crippen molar-refractivity contribution in [1.29, 1.82) is 5.26 Å². The van der Waals surface area contributed by atoms with Crippen LogP contribution in [0, 0.1) is 11.3 Å². The molecule has 2 amide bonds. The molecule has 0 aliphatic rings. The van der Waals surface area contributed by atoms with E-state index in [4.69, 9.17) is 14.7 Å². The molecule has 0 aliphatic carbocycles. The minimum Gasteiger partial charge on any atom is -0.484 e. The second-order valence-electron chi connectivity index (χ2n) is 5.58. The van der Waals surface area contributed by atoms with E-state index in [9.17, 15) is 9.59 Å². The van der Waals surface area contributed by atoms with Gasteiger partial charge in [-0.05, 0) is 48.9 Å². The Morgan fingerprint density at radius 3 is 2.04 bits per heavy atom. The molecule has 140 valence electrons. The highest BCUT2D eigenvalue weighted by Gasteiger charge is 2.05. The highest BCUT2D eigenvalue weighted by molar-refractivity contribution is 5.91. The fourth-order valence-electron chi connectivity index (χ4n) is 2.17. The van der Waals surface area contributed by atoms with E-state index < -0.39 is 0 Å². The molecule has 0 bridgehead atoms. The molecule has 2 N–H and O–H groups in total. The average molecular weight is 367 g/mol. The number of ether oxygens (including phenoxy) is 2. The van der Waals surface area contributed by atoms with Crippen LogP contribution in [0.15, 0.2) is 48.5 Å². The molecule has 0 unspecified atom stereocenters. The summed E-state index contributed by atoms with van der Waals surface area (Å²) >= 11 is 0. The number of likely N-dealkylation sites (N-methyl/N-ethyl adjacent to an activating group) is 1. The molecule has 0 spiro atoms. The lowest BCUT2D eigenvalue weighted by atomic mass is 10.2. The van der Waals surface area contributed by atoms with E-state index in [0.717, 1.165) is 5.56 Å². The molecule has 7 heteroatoms. The number of nitrogens with zero attached hydrogens (tertiary/aromatic N) is 1. The molecule has 7 nitrogen and oxygen atoms in total. The highest BCUT2D eigenvalue weighted by Crippen LogP contribution is 2.16. The van der Waals surface area contributed by atoms with Gasteiger partial charge in [-0.25, -0.2) is 0 Å². The fourth-order valence-corrected chi connectivity index (χ4v) is 2.17. The van der Waals surface area contributed by atoms with Gasteiger partial charge in [0.25, 0.3) is 11.8 Å². The van der Waals surface area contributed by atoms with E-state index in [-0.39, 0.29) is 25.0 Å². The van der Waals surface area contributed by atoms with Gasteiger partial charge >= 0.3 is 0 Å². The molecule has 0 atom stereocenters. The topological polar surface area (TPSA) is 100 Å². The van der Waals surface area contributed by atoms with E-state index in [0.29, 0.717) is 30.2 Å². The number of nitriles is 1. The number of rotatable bonds is 9. The minimum absolute atomic E-state index is 0.0550. The number of amides is 2. The van der Waals surface area contributed by atoms with Crippen molar-refractivity contribution in [2.24, 2.45) is 0 Å². The van der Waals surface area contributed by atoms with Gasteiger partial charge in [0.15, 0.2) is 13.2 Å². The SMILES string of the molecule is CCNC(=O)COc1ccc(NC(=O)COc2ccc(CC#N)cc2)cc1. The van der Waals surface area contributed by atoms with Crippen molar-refractivity contribution in [2.75, 3.05) is 25.1 Å². The van der Waals surface area contributed by atoms with Crippen molar-refractivity contribution >= 4 is 17.5 Å². The maximum atomic E-state index is 12.0. The zero-order chi connectivity index (χ0) is 19.5. The molecule has 27 heavy (non-hydrogen) atoms. The Balaban J connectivity index is 1.76. The molecular weight excluding hydrogens is 346 g/mol. The van der Waals surface area contributed by atoms with E-state index in [1.54, 1.807) is 48.5 Å². The van der Waals surface area contributed by atoms with E-state index in [1.807, 2.05) is 6.92 Å². The third kappa shape index (κ3) is 7.08. The van der Waals surface area contributed by atoms with Crippen LogP contribution in [0.2, 0.25) is 0 Å². The second-order valence-corrected chi connectivity index (χ2v) is 5.58. The molecule has 0 saturated heterocycles. The van der Waals surface area contributed by atoms with Crippen LogP contribution in [0.25, 0.3) is 0 Å². The first-order chi connectivity index (χ1) is 13.1. The Kier molecular flexibility index (Phi) is 7.67. The zero-order valence-electron chi connectivity index (χ0n) is 15.0. The maximum absolute atomic E-state index is 12.0. The number of anilines is 1. The van der Waals surface area contributed by atoms with Crippen molar-refractivity contribution in [1.82, 2.24) is 5.32 Å². The molecule has 2 aromatic carbocycles. The number of hydrogen-bond acceptors (Lipinski definition) is 5. The summed E-state index contributed by atoms with van der Waals surface area (Å²) in [5, 5.41) is 14.0. The minimum atomic E-state index is -0.299. The molecule has 0 saturated carbocycles. The van der Waals surface area contributed by atoms with E-state index in [1.165, 1.54) is 0 Å². The molecule has 0 aliphatic heterocycles. The molecule has 0 radical (unpaired) electrons. The number of carbonyl (C=O) groups excluding carboxylic acids is 2. The monoisotopic (exact) mass is 367 g/mol. The summed E-state index contributed by atoms with van der Waals surface area (Å²) < 4.78 is 10.8. The van der Waals surface area contributed by atoms with E-state index in [2.05, 4.69) is 16.7 Å². The van der Waals surface area contributed by atoms with Crippen LogP contribution in [0.4, 0.5) is 5.69 Å². The number of carbonyl (C=O) groups is 2. The Hall–Kier alpha value is -3.53. The normalized spacial score (nSPS) is 9.78. The van der Waals surface area contributed by atoms with Gasteiger partial charge in [-0.1, -0.05) is 12.1 Å². The fraction of sp³-hybridized carbons (Fsp3) is 0.250. The lowest BCUT2D eigenvalue weighted by Crippen LogP contribution is -2.28. The molecule has 0 fully saturated rings. The first-order valence-electron chi connectivity index (χ1n) is 8.49. The van der Waals surface area contributed by atoms with Crippen molar-refractivity contribution in [3.05, 3.63) is 54.1 Å². The van der Waals surface area contributed by atoms with Crippen molar-refractivity contribution in [3.8, 4) is 17.6 Å². The Labute approximate surface area is 157 Å². The van der Waals surface area contributed by atoms with Gasteiger partial charge in [0.1, 0.15) is 11.5 Å². The quantitative estimate of drug-likeness (QED) is 0.708. The lowest BCUT2D eigenvalue weighted by molar-refractivity contribution is -0.123. The van der Waals surface area contributed by atoms with Gasteiger partial charge in [-0.2, -0.15) is 5.26 Å². The van der Waals surface area contributed by atoms with Crippen LogP contribution in [0.1, 0.15) is 12.5 Å². The van der Waals surface area contributed by atoms with Gasteiger partial charge in [0, 0.05) is 12.2 Å². The van der Waals surface area contributed by atoms with Crippen LogP contribution < -0.4 is 20.1 Å². The second kappa shape index (κ2) is 10.5. The van der Waals surface area contributed by atoms with Crippen LogP contribution >= 0.6 is 0 Å². The van der Waals surface area contributed by atoms with E-state index >= 15 is 0 Å². The first kappa shape index (κ1) is 19.8. The van der Waals surface area contributed by atoms with Crippen LogP contribution in [0.3, 0.4) is 0 Å². The third-order valence-corrected chi connectivity index (χ3v) is 3.46. The summed E-state index contributed by atoms with van der Waals surface area (Å²) in [6.45, 7) is 2.20.